The molecule has 2 heterocycles. The summed E-state index contributed by atoms with van der Waals surface area (Å²) in [7, 11) is -6.13. The Labute approximate surface area is 789 Å². The van der Waals surface area contributed by atoms with Crippen molar-refractivity contribution in [3.05, 3.63) is 267 Å². The van der Waals surface area contributed by atoms with Gasteiger partial charge in [0.2, 0.25) is 23.3 Å². The number of hydrogen-bond acceptors (Lipinski definition) is 16. The summed E-state index contributed by atoms with van der Waals surface area (Å²) >= 11 is 8.19. The summed E-state index contributed by atoms with van der Waals surface area (Å²) in [5, 5.41) is 62.2. The minimum Gasteiger partial charge on any atom is 1.00 e. The van der Waals surface area contributed by atoms with Gasteiger partial charge in [-0.3, -0.25) is 19.7 Å². The molecule has 2 aliphatic heterocycles. The zero-order chi connectivity index (χ0) is 89.9. The van der Waals surface area contributed by atoms with Gasteiger partial charge in [-0.05, 0) is 171 Å². The fraction of sp³-hybridized carbons (Fsp3) is 0.291. The van der Waals surface area contributed by atoms with Crippen LogP contribution >= 0.6 is 19.9 Å². The van der Waals surface area contributed by atoms with Crippen LogP contribution in [0.5, 0.6) is 28.7 Å². The van der Waals surface area contributed by atoms with Crippen LogP contribution in [0.2, 0.25) is 0 Å². The van der Waals surface area contributed by atoms with Crippen molar-refractivity contribution in [1.29, 1.82) is 0 Å². The normalized spacial score (nSPS) is 10.7. The first-order chi connectivity index (χ1) is 55.5. The Bertz CT molecular complexity index is 4140. The number of phenolic OH excluding ortho intramolecular Hbond substituents is 2. The number of carboxylic acid groups (broad SMARTS) is 1. The number of unbranched alkanes of at least 4 members (excludes halogenated alkanes) is 1. The first kappa shape index (κ1) is 123. The predicted octanol–water partition coefficient (Wildman–Crippen LogP) is 11.5. The molecule has 0 spiro atoms. The summed E-state index contributed by atoms with van der Waals surface area (Å²) in [6, 6.07) is 34.3. The van der Waals surface area contributed by atoms with E-state index >= 15 is 0 Å². The first-order valence-corrected chi connectivity index (χ1v) is 52.3. The molecular formula is C79H90BClF15K3LiO18P. The van der Waals surface area contributed by atoms with E-state index in [-0.39, 0.29) is 134 Å². The van der Waals surface area contributed by atoms with Crippen LogP contribution in [0.25, 0.3) is 22.3 Å². The van der Waals surface area contributed by atoms with E-state index in [0.717, 1.165) is 75.7 Å². The van der Waals surface area contributed by atoms with Crippen molar-refractivity contribution in [2.24, 2.45) is 0 Å². The van der Waals surface area contributed by atoms with Gasteiger partial charge in [0.1, 0.15) is 6.61 Å². The van der Waals surface area contributed by atoms with E-state index in [4.69, 9.17) is 92.0 Å². The standard InChI is InChI=1S/C22H18F4O2.C15H13ClF2O.C7H7BF2O2.C7H6F2O.C7H6F2.C6H4F2O.2C4H8O.C4H9.C2H4O2.CH3F.3K.Li.HO4P.H2O2.H2O/c1-3-27-17-11-9-16(20(24)22(17)26)15-7-5-14(6-8-15)12-28-18-10-4-13(2)19(23)21(18)25;1-2-19-13-8-7-12(14(17)15(13)18)11-5-3-10(9-16)4-6-11;1-4-2-3-5(8(11)12)7(10)6(4)9;1-4-2-3-5(10)7(9)6(4)8;1-5-3-2-4-6(8)7(5)9;7-4-2-1-3-5(9)6(4)8;2*1-2-4-5-3-1;1-3-4-2;1-2(3)4;1-2;;;;;1-4-5(2)3;1-2;/h4-11H,3,12H2,1-2H3;3-8H,2,9H2,1H3;2-3,11-12H,1H3;2-3,10H,1H3;2-4H,1H3;1-3,9H;2*1-4H2;1,3-4H2,2H3;1H3,(H,3,4);1H3;;;;;1H;1-2H;1H2/q;;;;;;;;-1;;;;;2*+1;;;/p-1/i;;;;;;;;;;1D;;;;;;;. The van der Waals surface area contributed by atoms with E-state index in [1.165, 1.54) is 190 Å². The number of alkyl halides is 2. The summed E-state index contributed by atoms with van der Waals surface area (Å²) in [6.45, 7) is 20.5. The molecule has 2 aliphatic rings. The second-order valence-corrected chi connectivity index (χ2v) is 23.3. The number of rotatable bonds is 13. The average molecular weight is 1820 g/mol. The molecule has 638 valence electrons. The van der Waals surface area contributed by atoms with Crippen molar-refractivity contribution in [3.8, 4) is 51.0 Å². The number of benzene rings is 9. The van der Waals surface area contributed by atoms with Crippen LogP contribution < -0.4 is 100 Å². The van der Waals surface area contributed by atoms with Crippen LogP contribution in [0.4, 0.5) is 65.9 Å². The van der Waals surface area contributed by atoms with Crippen LogP contribution in [-0.4, -0.2) is 164 Å². The molecule has 0 amide bonds. The van der Waals surface area contributed by atoms with Gasteiger partial charge in [0.05, 0.1) is 21.7 Å². The van der Waals surface area contributed by atoms with Gasteiger partial charge in [0, 0.05) is 55.8 Å². The number of carboxylic acids is 1. The third kappa shape index (κ3) is 51.2. The zero-order valence-electron chi connectivity index (χ0n) is 68.5. The van der Waals surface area contributed by atoms with Crippen LogP contribution in [0.1, 0.15) is 101 Å². The summed E-state index contributed by atoms with van der Waals surface area (Å²) in [5.74, 6) is -16.2. The van der Waals surface area contributed by atoms with Crippen molar-refractivity contribution in [1.82, 2.24) is 0 Å². The molecule has 0 radical (unpaired) electrons. The van der Waals surface area contributed by atoms with E-state index in [9.17, 15) is 65.9 Å². The Morgan fingerprint density at radius 1 is 0.529 bits per heavy atom. The fourth-order valence-electron chi connectivity index (χ4n) is 8.12. The van der Waals surface area contributed by atoms with Crippen LogP contribution in [-0.2, 0) is 36.0 Å². The Hall–Kier alpha value is -4.04. The summed E-state index contributed by atoms with van der Waals surface area (Å²) in [5.41, 5.74) is 3.39. The van der Waals surface area contributed by atoms with Gasteiger partial charge in [-0.2, -0.15) is 28.4 Å². The molecule has 1 atom stereocenters. The Morgan fingerprint density at radius 3 is 1.17 bits per heavy atom. The third-order valence-electron chi connectivity index (χ3n) is 14.0. The number of hydrogen-bond donors (Lipinski definition) is 7. The van der Waals surface area contributed by atoms with Gasteiger partial charge in [0.25, 0.3) is 5.97 Å². The van der Waals surface area contributed by atoms with E-state index in [1.807, 2.05) is 0 Å². The second-order valence-electron chi connectivity index (χ2n) is 22.4. The molecule has 0 aromatic heterocycles. The number of aryl methyl sites for hydroxylation is 4. The van der Waals surface area contributed by atoms with Gasteiger partial charge in [-0.25, -0.2) is 44.2 Å². The number of ether oxygens (including phenoxy) is 5. The molecule has 18 nitrogen and oxygen atoms in total. The number of carbonyl (C=O) groups is 1. The van der Waals surface area contributed by atoms with Gasteiger partial charge < -0.3 is 71.6 Å². The molecule has 9 aromatic rings. The summed E-state index contributed by atoms with van der Waals surface area (Å²) in [4.78, 5) is 17.9. The van der Waals surface area contributed by atoms with Gasteiger partial charge in [0.15, 0.2) is 86.9 Å². The molecule has 11 rings (SSSR count). The quantitative estimate of drug-likeness (QED) is 0.0107. The molecule has 2 fully saturated rings. The van der Waals surface area contributed by atoms with Crippen molar-refractivity contribution < 1.29 is 227 Å². The van der Waals surface area contributed by atoms with Crippen molar-refractivity contribution in [2.75, 3.05) is 46.8 Å². The van der Waals surface area contributed by atoms with Crippen molar-refractivity contribution in [2.45, 2.75) is 106 Å². The largest absolute Gasteiger partial charge is 1.00 e. The topological polar surface area (TPSA) is 309 Å². The zero-order valence-corrected chi connectivity index (χ0v) is 78.5. The van der Waals surface area contributed by atoms with Crippen LogP contribution in [0.15, 0.2) is 146 Å². The Balaban J connectivity index is -0.000000312. The molecule has 1 unspecified atom stereocenters. The fourth-order valence-corrected chi connectivity index (χ4v) is 8.30. The van der Waals surface area contributed by atoms with Gasteiger partial charge in [-0.1, -0.05) is 104 Å². The van der Waals surface area contributed by atoms with E-state index in [0.29, 0.717) is 34.7 Å². The molecule has 0 aliphatic carbocycles. The number of aromatic hydroxyl groups is 2. The molecule has 9 N–H and O–H groups in total. The number of phenols is 2. The van der Waals surface area contributed by atoms with Gasteiger partial charge >= 0.3 is 149 Å². The number of aliphatic carboxylic acids is 1. The molecule has 0 bridgehead atoms. The van der Waals surface area contributed by atoms with E-state index in [1.54, 1.807) is 62.4 Å². The molecule has 0 saturated carbocycles. The van der Waals surface area contributed by atoms with Crippen molar-refractivity contribution >= 4 is 102 Å². The average Bonchev–Trinajstić information content (AvgIpc) is 0.981. The summed E-state index contributed by atoms with van der Waals surface area (Å²) in [6.07, 6.45) is 7.39. The maximum Gasteiger partial charge on any atom is 1.00 e. The number of halogens is 16. The van der Waals surface area contributed by atoms with Gasteiger partial charge in [-0.15, -0.1) is 11.6 Å². The SMILES string of the molecule is C1CCOC1.C1CCOC1.CC(=O)O.CCOc1ccc(-c2ccc(CCl)cc2)c(F)c1F.CCOc1ccc(-c2ccc(COc3ccc(C)c(F)c3F)cc2)c(F)c1F.Cc1ccc(B(O)O)c(F)c1F.Cc1ccc(O)c(F)c1F.Cc1cccc(F)c1F.O.O=[P+]([O-])O[O-].OO.Oc1cccc(F)c1F.[2H]CF.[CH2-]CCC.[K+].[K][K].[Li+]. The predicted molar refractivity (Wildman–Crippen MR) is 413 cm³/mol. The molecular weight excluding hydrogens is 1720 g/mol. The van der Waals surface area contributed by atoms with E-state index in [2.05, 4.69) is 18.5 Å². The summed E-state index contributed by atoms with van der Waals surface area (Å²) < 4.78 is 235. The minimum absolute atomic E-state index is 0. The molecule has 40 heteroatoms. The maximum atomic E-state index is 14.3. The second kappa shape index (κ2) is 75.3. The molecule has 119 heavy (non-hydrogen) atoms. The van der Waals surface area contributed by atoms with Crippen LogP contribution in [0, 0.1) is 116 Å². The Kier molecular flexibility index (Phi) is 78.1. The third-order valence-corrected chi connectivity index (χ3v) is 14.4. The minimum atomic E-state index is -3.15. The Morgan fingerprint density at radius 2 is 0.849 bits per heavy atom. The van der Waals surface area contributed by atoms with E-state index < -0.39 is 127 Å². The van der Waals surface area contributed by atoms with Crippen LogP contribution in [0.3, 0.4) is 0 Å². The smallest absolute Gasteiger partial charge is 1.00 e. The molecule has 2 saturated heterocycles. The maximum absolute atomic E-state index is 14.3. The molecule has 9 aromatic carbocycles. The van der Waals surface area contributed by atoms with Crippen molar-refractivity contribution in [3.63, 3.8) is 0 Å². The monoisotopic (exact) mass is 1810 g/mol. The first-order valence-electron chi connectivity index (χ1n) is 35.4.